The van der Waals surface area contributed by atoms with Gasteiger partial charge in [-0.2, -0.15) is 35.5 Å². The van der Waals surface area contributed by atoms with E-state index < -0.39 is 20.8 Å². The molecule has 44 heavy (non-hydrogen) atoms. The maximum Gasteiger partial charge on any atom is 0.0920 e. The van der Waals surface area contributed by atoms with Crippen molar-refractivity contribution in [2.24, 2.45) is 0 Å². The van der Waals surface area contributed by atoms with Gasteiger partial charge in [0.1, 0.15) is 0 Å². The zero-order valence-electron chi connectivity index (χ0n) is 25.5. The number of aryl methyl sites for hydroxylation is 1. The van der Waals surface area contributed by atoms with Crippen LogP contribution in [-0.4, -0.2) is 9.52 Å². The summed E-state index contributed by atoms with van der Waals surface area (Å²) in [5, 5.41) is 5.57. The van der Waals surface area contributed by atoms with Crippen molar-refractivity contribution >= 4 is 47.7 Å². The van der Waals surface area contributed by atoms with Crippen LogP contribution in [-0.2, 0) is 27.3 Å². The molecular weight excluding hydrogens is 671 g/mol. The van der Waals surface area contributed by atoms with Crippen LogP contribution in [0.1, 0.15) is 50.7 Å². The minimum Gasteiger partial charge on any atom is -0.184 e. The van der Waals surface area contributed by atoms with Crippen molar-refractivity contribution in [3.8, 4) is 33.4 Å². The topological polar surface area (TPSA) is 0 Å². The van der Waals surface area contributed by atoms with Crippen molar-refractivity contribution in [2.45, 2.75) is 46.0 Å². The molecule has 218 valence electrons. The van der Waals surface area contributed by atoms with Crippen LogP contribution in [0.4, 0.5) is 0 Å². The van der Waals surface area contributed by atoms with Gasteiger partial charge in [-0.3, -0.25) is 0 Å². The molecule has 0 bridgehead atoms. The number of hydrogen-bond donors (Lipinski definition) is 0. The summed E-state index contributed by atoms with van der Waals surface area (Å²) in [5.74, 6) is 0.490. The number of benzene rings is 5. The SMILES string of the molecule is CCCCc1cc2c(-c3ccccc3C(C)C)c(-c3ccccc3)ccc2[cH-]1.[Cl][Zr+2][Cl].[c-]1cccc2c1[Si]c1ccccc1-2. The van der Waals surface area contributed by atoms with Crippen molar-refractivity contribution in [3.05, 3.63) is 139 Å². The summed E-state index contributed by atoms with van der Waals surface area (Å²) in [6.07, 6.45) is 3.65. The third-order valence-corrected chi connectivity index (χ3v) is 9.41. The second kappa shape index (κ2) is 16.1. The molecule has 1 heterocycles. The molecule has 0 atom stereocenters. The molecule has 0 amide bonds. The molecule has 0 nitrogen and oxygen atoms in total. The Kier molecular flexibility index (Phi) is 12.0. The van der Waals surface area contributed by atoms with Crippen molar-refractivity contribution in [1.82, 2.24) is 0 Å². The van der Waals surface area contributed by atoms with Crippen LogP contribution < -0.4 is 10.4 Å². The first-order chi connectivity index (χ1) is 21.5. The summed E-state index contributed by atoms with van der Waals surface area (Å²) < 4.78 is 0. The van der Waals surface area contributed by atoms with E-state index in [0.29, 0.717) is 5.92 Å². The predicted octanol–water partition coefficient (Wildman–Crippen LogP) is 10.9. The molecule has 0 saturated heterocycles. The van der Waals surface area contributed by atoms with Gasteiger partial charge in [-0.1, -0.05) is 135 Å². The van der Waals surface area contributed by atoms with E-state index in [4.69, 9.17) is 17.0 Å². The first-order valence-corrected chi connectivity index (χ1v) is 22.6. The van der Waals surface area contributed by atoms with Crippen LogP contribution in [0.2, 0.25) is 0 Å². The zero-order chi connectivity index (χ0) is 30.9. The van der Waals surface area contributed by atoms with E-state index in [9.17, 15) is 0 Å². The standard InChI is InChI=1S/C28H29.C12H7Si.2ClH.Zr/c1-4-5-11-21-18-23-16-17-25(22-12-7-6-8-13-22)28(27(23)19-21)26-15-10-9-14-24(26)20(2)3;1-3-7-11-9(5-1)10-6-2-4-8-12(10)13-11;;;/h6-10,12-20H,4-5,11H2,1-3H3;1-7H;2*1H;/q2*-1;;;+4/p-2. The fourth-order valence-corrected chi connectivity index (χ4v) is 7.28. The summed E-state index contributed by atoms with van der Waals surface area (Å²) in [5.41, 5.74) is 11.0. The molecule has 6 aromatic rings. The van der Waals surface area contributed by atoms with E-state index >= 15 is 0 Å². The second-order valence-corrected chi connectivity index (χ2v) is 16.3. The largest absolute Gasteiger partial charge is 0.184 e. The van der Waals surface area contributed by atoms with Gasteiger partial charge in [-0.05, 0) is 34.6 Å². The van der Waals surface area contributed by atoms with Gasteiger partial charge in [-0.15, -0.1) is 34.0 Å². The molecule has 2 radical (unpaired) electrons. The molecule has 4 heteroatoms. The van der Waals surface area contributed by atoms with E-state index in [1.165, 1.54) is 78.5 Å². The fraction of sp³-hybridized carbons (Fsp3) is 0.175. The number of unbranched alkanes of at least 4 members (excludes halogenated alkanes) is 1. The molecule has 7 rings (SSSR count). The Labute approximate surface area is 284 Å². The average Bonchev–Trinajstić information content (AvgIpc) is 3.65. The van der Waals surface area contributed by atoms with Gasteiger partial charge in [0.05, 0.1) is 9.52 Å². The summed E-state index contributed by atoms with van der Waals surface area (Å²) >= 11 is -0.826. The monoisotopic (exact) mass is 704 g/mol. The molecular formula is C40H36Cl2SiZr. The third kappa shape index (κ3) is 7.60. The molecule has 0 saturated carbocycles. The van der Waals surface area contributed by atoms with E-state index in [1.807, 2.05) is 6.07 Å². The third-order valence-electron chi connectivity index (χ3n) is 8.04. The second-order valence-electron chi connectivity index (χ2n) is 11.3. The van der Waals surface area contributed by atoms with Crippen LogP contribution in [0.3, 0.4) is 0 Å². The van der Waals surface area contributed by atoms with Crippen LogP contribution >= 0.6 is 17.0 Å². The Bertz CT molecular complexity index is 1760. The molecule has 1 aliphatic rings. The number of rotatable bonds is 6. The Morgan fingerprint density at radius 1 is 0.773 bits per heavy atom. The Balaban J connectivity index is 0.000000198. The average molecular weight is 707 g/mol. The van der Waals surface area contributed by atoms with Gasteiger partial charge in [0.15, 0.2) is 0 Å². The normalized spacial score (nSPS) is 11.1. The first-order valence-electron chi connectivity index (χ1n) is 15.3. The minimum atomic E-state index is -0.826. The van der Waals surface area contributed by atoms with Gasteiger partial charge >= 0.3 is 37.9 Å². The van der Waals surface area contributed by atoms with Crippen LogP contribution in [0.25, 0.3) is 44.2 Å². The predicted molar refractivity (Wildman–Crippen MR) is 191 cm³/mol. The smallest absolute Gasteiger partial charge is 0.0920 e. The van der Waals surface area contributed by atoms with Gasteiger partial charge < -0.3 is 0 Å². The molecule has 1 aliphatic heterocycles. The van der Waals surface area contributed by atoms with E-state index in [2.05, 4.69) is 142 Å². The minimum absolute atomic E-state index is 0.490. The molecule has 0 unspecified atom stereocenters. The van der Waals surface area contributed by atoms with Crippen molar-refractivity contribution in [1.29, 1.82) is 0 Å². The summed E-state index contributed by atoms with van der Waals surface area (Å²) in [6, 6.07) is 47.3. The maximum absolute atomic E-state index is 4.93. The van der Waals surface area contributed by atoms with Crippen molar-refractivity contribution < 1.29 is 20.8 Å². The van der Waals surface area contributed by atoms with Crippen molar-refractivity contribution in [3.63, 3.8) is 0 Å². The van der Waals surface area contributed by atoms with Crippen LogP contribution in [0, 0.1) is 6.07 Å². The van der Waals surface area contributed by atoms with E-state index in [1.54, 1.807) is 0 Å². The zero-order valence-corrected chi connectivity index (χ0v) is 30.5. The van der Waals surface area contributed by atoms with E-state index in [-0.39, 0.29) is 0 Å². The summed E-state index contributed by atoms with van der Waals surface area (Å²) in [7, 11) is 10.7. The number of halogens is 2. The maximum atomic E-state index is 4.93. The molecule has 6 aromatic carbocycles. The first kappa shape index (κ1) is 32.8. The Morgan fingerprint density at radius 2 is 1.45 bits per heavy atom. The number of hydrogen-bond acceptors (Lipinski definition) is 0. The van der Waals surface area contributed by atoms with Gasteiger partial charge in [0, 0.05) is 0 Å². The molecule has 0 aliphatic carbocycles. The molecule has 0 fully saturated rings. The fourth-order valence-electron chi connectivity index (χ4n) is 5.97. The Morgan fingerprint density at radius 3 is 2.20 bits per heavy atom. The summed E-state index contributed by atoms with van der Waals surface area (Å²) in [4.78, 5) is 0. The quantitative estimate of drug-likeness (QED) is 0.119. The van der Waals surface area contributed by atoms with Gasteiger partial charge in [0.25, 0.3) is 0 Å². The molecule has 0 N–H and O–H groups in total. The van der Waals surface area contributed by atoms with Crippen molar-refractivity contribution in [2.75, 3.05) is 0 Å². The van der Waals surface area contributed by atoms with Crippen LogP contribution in [0.5, 0.6) is 0 Å². The number of fused-ring (bicyclic) bond motifs is 4. The molecule has 0 aromatic heterocycles. The summed E-state index contributed by atoms with van der Waals surface area (Å²) in [6.45, 7) is 6.85. The molecule has 0 spiro atoms. The van der Waals surface area contributed by atoms with Gasteiger partial charge in [0.2, 0.25) is 0 Å². The van der Waals surface area contributed by atoms with E-state index in [0.717, 1.165) is 15.9 Å². The van der Waals surface area contributed by atoms with Crippen LogP contribution in [0.15, 0.2) is 121 Å². The Hall–Kier alpha value is -2.61. The van der Waals surface area contributed by atoms with Gasteiger partial charge in [-0.25, -0.2) is 0 Å².